The Kier molecular flexibility index (Phi) is 9.51. The maximum absolute atomic E-state index is 14.0. The Morgan fingerprint density at radius 3 is 2.14 bits per heavy atom. The monoisotopic (exact) mass is 570 g/mol. The van der Waals surface area contributed by atoms with E-state index < -0.39 is 0 Å². The zero-order valence-electron chi connectivity index (χ0n) is 24.5. The number of aryl methyl sites for hydroxylation is 1. The van der Waals surface area contributed by atoms with Crippen molar-refractivity contribution in [3.63, 3.8) is 0 Å². The molecule has 5 rings (SSSR count). The molecular weight excluding hydrogens is 532 g/mol. The number of morpholine rings is 1. The predicted octanol–water partition coefficient (Wildman–Crippen LogP) is 4.16. The molecule has 3 aromatic carbocycles. The van der Waals surface area contributed by atoms with E-state index in [9.17, 15) is 9.59 Å². The maximum Gasteiger partial charge on any atom is 0.262 e. The van der Waals surface area contributed by atoms with Crippen LogP contribution < -0.4 is 9.47 Å². The average molecular weight is 571 g/mol. The minimum atomic E-state index is -0.271. The number of carbonyl (C=O) groups excluding carboxylic acids is 2. The fourth-order valence-corrected chi connectivity index (χ4v) is 5.24. The lowest BCUT2D eigenvalue weighted by atomic mass is 9.97. The highest BCUT2D eigenvalue weighted by atomic mass is 16.5. The molecule has 0 aliphatic carbocycles. The number of hydrogen-bond acceptors (Lipinski definition) is 7. The van der Waals surface area contributed by atoms with Crippen molar-refractivity contribution < 1.29 is 23.8 Å². The largest absolute Gasteiger partial charge is 0.497 e. The molecule has 3 aromatic rings. The first-order valence-corrected chi connectivity index (χ1v) is 14.3. The van der Waals surface area contributed by atoms with Gasteiger partial charge in [-0.15, -0.1) is 0 Å². The van der Waals surface area contributed by atoms with Crippen LogP contribution in [-0.4, -0.2) is 92.5 Å². The Bertz CT molecular complexity index is 1380. The van der Waals surface area contributed by atoms with Crippen molar-refractivity contribution in [1.82, 2.24) is 14.8 Å². The van der Waals surface area contributed by atoms with Crippen LogP contribution in [-0.2, 0) is 9.53 Å². The van der Waals surface area contributed by atoms with Gasteiger partial charge in [0.15, 0.2) is 0 Å². The molecule has 0 bridgehead atoms. The maximum atomic E-state index is 14.0. The Balaban J connectivity index is 1.40. The van der Waals surface area contributed by atoms with E-state index in [0.29, 0.717) is 44.0 Å². The van der Waals surface area contributed by atoms with Gasteiger partial charge in [0.05, 0.1) is 39.2 Å². The van der Waals surface area contributed by atoms with Gasteiger partial charge in [0.1, 0.15) is 18.0 Å². The molecule has 42 heavy (non-hydrogen) atoms. The zero-order valence-corrected chi connectivity index (χ0v) is 24.5. The summed E-state index contributed by atoms with van der Waals surface area (Å²) >= 11 is 0. The molecule has 2 aliphatic heterocycles. The van der Waals surface area contributed by atoms with Crippen molar-refractivity contribution in [1.29, 1.82) is 0 Å². The SMILES string of the molecule is COc1ccc(C(=O)N(CCN2CCOCC2)CC(=O)N2N=C(c3ccc(OC)cc3)CC2c2ccc(C)cc2)cc1. The highest BCUT2D eigenvalue weighted by Crippen LogP contribution is 2.33. The molecule has 9 heteroatoms. The minimum Gasteiger partial charge on any atom is -0.497 e. The lowest BCUT2D eigenvalue weighted by molar-refractivity contribution is -0.133. The average Bonchev–Trinajstić information content (AvgIpc) is 3.49. The van der Waals surface area contributed by atoms with Crippen LogP contribution in [0.15, 0.2) is 77.9 Å². The highest BCUT2D eigenvalue weighted by molar-refractivity contribution is 6.04. The van der Waals surface area contributed by atoms with E-state index in [1.807, 2.05) is 55.5 Å². The smallest absolute Gasteiger partial charge is 0.262 e. The summed E-state index contributed by atoms with van der Waals surface area (Å²) in [5.74, 6) is 0.992. The number of hydrogen-bond donors (Lipinski definition) is 0. The first-order valence-electron chi connectivity index (χ1n) is 14.3. The van der Waals surface area contributed by atoms with Crippen LogP contribution in [0.25, 0.3) is 0 Å². The van der Waals surface area contributed by atoms with Crippen molar-refractivity contribution in [3.8, 4) is 11.5 Å². The van der Waals surface area contributed by atoms with Crippen LogP contribution in [0.2, 0.25) is 0 Å². The second-order valence-electron chi connectivity index (χ2n) is 10.6. The number of benzene rings is 3. The van der Waals surface area contributed by atoms with Gasteiger partial charge in [0, 0.05) is 38.2 Å². The number of amides is 2. The molecule has 220 valence electrons. The third-order valence-electron chi connectivity index (χ3n) is 7.79. The quantitative estimate of drug-likeness (QED) is 0.364. The molecule has 0 spiro atoms. The summed E-state index contributed by atoms with van der Waals surface area (Å²) in [6.07, 6.45) is 0.571. The summed E-state index contributed by atoms with van der Waals surface area (Å²) in [5, 5.41) is 6.39. The van der Waals surface area contributed by atoms with E-state index >= 15 is 0 Å². The molecule has 0 radical (unpaired) electrons. The third kappa shape index (κ3) is 6.98. The molecule has 0 saturated carbocycles. The summed E-state index contributed by atoms with van der Waals surface area (Å²) in [4.78, 5) is 31.6. The normalized spacial score (nSPS) is 17.1. The first kappa shape index (κ1) is 29.3. The number of rotatable bonds is 10. The minimum absolute atomic E-state index is 0.0864. The summed E-state index contributed by atoms with van der Waals surface area (Å²) in [6, 6.07) is 22.6. The lowest BCUT2D eigenvalue weighted by Gasteiger charge is -2.31. The van der Waals surface area contributed by atoms with Crippen LogP contribution in [0.1, 0.15) is 39.5 Å². The van der Waals surface area contributed by atoms with Crippen LogP contribution in [0.4, 0.5) is 0 Å². The molecule has 1 unspecified atom stereocenters. The predicted molar refractivity (Wildman–Crippen MR) is 161 cm³/mol. The van der Waals surface area contributed by atoms with E-state index in [1.165, 1.54) is 0 Å². The Hall–Kier alpha value is -4.21. The topological polar surface area (TPSA) is 83.9 Å². The molecule has 9 nitrogen and oxygen atoms in total. The van der Waals surface area contributed by atoms with E-state index in [1.54, 1.807) is 48.4 Å². The van der Waals surface area contributed by atoms with Crippen LogP contribution in [0.5, 0.6) is 11.5 Å². The Morgan fingerprint density at radius 2 is 1.52 bits per heavy atom. The summed E-state index contributed by atoms with van der Waals surface area (Å²) < 4.78 is 16.1. The van der Waals surface area contributed by atoms with Gasteiger partial charge in [-0.2, -0.15) is 5.10 Å². The van der Waals surface area contributed by atoms with Gasteiger partial charge in [0.25, 0.3) is 11.8 Å². The number of nitrogens with zero attached hydrogens (tertiary/aromatic N) is 4. The summed E-state index contributed by atoms with van der Waals surface area (Å²) in [5.41, 5.74) is 4.40. The summed E-state index contributed by atoms with van der Waals surface area (Å²) in [7, 11) is 3.22. The van der Waals surface area contributed by atoms with E-state index in [4.69, 9.17) is 19.3 Å². The van der Waals surface area contributed by atoms with Gasteiger partial charge >= 0.3 is 0 Å². The van der Waals surface area contributed by atoms with Gasteiger partial charge in [-0.1, -0.05) is 29.8 Å². The molecule has 2 heterocycles. The fourth-order valence-electron chi connectivity index (χ4n) is 5.24. The fraction of sp³-hybridized carbons (Fsp3) is 0.364. The molecule has 1 fully saturated rings. The van der Waals surface area contributed by atoms with Gasteiger partial charge in [-0.05, 0) is 66.6 Å². The van der Waals surface area contributed by atoms with E-state index in [-0.39, 0.29) is 24.4 Å². The number of methoxy groups -OCH3 is 2. The Labute approximate surface area is 247 Å². The van der Waals surface area contributed by atoms with Gasteiger partial charge in [-0.25, -0.2) is 5.01 Å². The van der Waals surface area contributed by atoms with Crippen molar-refractivity contribution in [3.05, 3.63) is 95.1 Å². The number of ether oxygens (including phenoxy) is 3. The molecule has 1 saturated heterocycles. The van der Waals surface area contributed by atoms with E-state index in [0.717, 1.165) is 41.2 Å². The van der Waals surface area contributed by atoms with Crippen molar-refractivity contribution in [2.24, 2.45) is 5.10 Å². The number of carbonyl (C=O) groups is 2. The molecular formula is C33H38N4O5. The van der Waals surface area contributed by atoms with Gasteiger partial charge < -0.3 is 19.1 Å². The van der Waals surface area contributed by atoms with Gasteiger partial charge in [0.2, 0.25) is 0 Å². The number of hydrazone groups is 1. The second kappa shape index (κ2) is 13.6. The second-order valence-corrected chi connectivity index (χ2v) is 10.6. The van der Waals surface area contributed by atoms with Crippen molar-refractivity contribution in [2.75, 3.05) is 60.2 Å². The lowest BCUT2D eigenvalue weighted by Crippen LogP contribution is -2.46. The summed E-state index contributed by atoms with van der Waals surface area (Å²) in [6.45, 7) is 5.95. The highest BCUT2D eigenvalue weighted by Gasteiger charge is 2.34. The third-order valence-corrected chi connectivity index (χ3v) is 7.79. The van der Waals surface area contributed by atoms with Crippen LogP contribution in [0, 0.1) is 6.92 Å². The van der Waals surface area contributed by atoms with Gasteiger partial charge in [-0.3, -0.25) is 14.5 Å². The first-order chi connectivity index (χ1) is 20.4. The standard InChI is InChI=1S/C33H38N4O5/c1-24-4-6-26(7-5-24)31-22-30(25-8-12-28(40-2)13-9-25)34-37(31)32(38)23-36(17-16-35-18-20-42-21-19-35)33(39)27-10-14-29(41-3)15-11-27/h4-15,31H,16-23H2,1-3H3. The van der Waals surface area contributed by atoms with Crippen LogP contribution >= 0.6 is 0 Å². The molecule has 2 amide bonds. The van der Waals surface area contributed by atoms with Crippen molar-refractivity contribution in [2.45, 2.75) is 19.4 Å². The molecule has 0 aromatic heterocycles. The van der Waals surface area contributed by atoms with E-state index in [2.05, 4.69) is 4.90 Å². The Morgan fingerprint density at radius 1 is 0.905 bits per heavy atom. The van der Waals surface area contributed by atoms with Crippen LogP contribution in [0.3, 0.4) is 0 Å². The molecule has 2 aliphatic rings. The van der Waals surface area contributed by atoms with Crippen molar-refractivity contribution >= 4 is 17.5 Å². The zero-order chi connectivity index (χ0) is 29.5. The molecule has 0 N–H and O–H groups in total. The molecule has 1 atom stereocenters.